The molecule has 2 fully saturated rings. The summed E-state index contributed by atoms with van der Waals surface area (Å²) in [5.74, 6) is 1.02. The Bertz CT molecular complexity index is 471. The van der Waals surface area contributed by atoms with Crippen LogP contribution in [0, 0.1) is 6.92 Å². The van der Waals surface area contributed by atoms with Crippen molar-refractivity contribution in [2.75, 3.05) is 46.4 Å². The van der Waals surface area contributed by atoms with Gasteiger partial charge in [-0.3, -0.25) is 9.80 Å². The summed E-state index contributed by atoms with van der Waals surface area (Å²) in [4.78, 5) is 5.23. The first kappa shape index (κ1) is 14.8. The number of methoxy groups -OCH3 is 1. The topological polar surface area (TPSA) is 27.7 Å². The zero-order chi connectivity index (χ0) is 14.7. The van der Waals surface area contributed by atoms with Gasteiger partial charge in [-0.2, -0.15) is 0 Å². The van der Waals surface area contributed by atoms with Crippen molar-refractivity contribution >= 4 is 0 Å². The van der Waals surface area contributed by atoms with Crippen LogP contribution in [0.15, 0.2) is 18.2 Å². The first-order valence-corrected chi connectivity index (χ1v) is 8.07. The van der Waals surface area contributed by atoms with Crippen molar-refractivity contribution in [3.63, 3.8) is 0 Å². The van der Waals surface area contributed by atoms with Crippen LogP contribution in [0.2, 0.25) is 0 Å². The predicted octanol–water partition coefficient (Wildman–Crippen LogP) is 1.48. The minimum absolute atomic E-state index is 0.739. The van der Waals surface area contributed by atoms with Crippen molar-refractivity contribution in [1.82, 2.24) is 15.1 Å². The molecule has 2 heterocycles. The van der Waals surface area contributed by atoms with Crippen LogP contribution >= 0.6 is 0 Å². The predicted molar refractivity (Wildman–Crippen MR) is 85.9 cm³/mol. The lowest BCUT2D eigenvalue weighted by molar-refractivity contribution is 0.170. The third-order valence-electron chi connectivity index (χ3n) is 4.75. The van der Waals surface area contributed by atoms with E-state index in [0.717, 1.165) is 31.4 Å². The Labute approximate surface area is 128 Å². The molecule has 0 saturated carbocycles. The van der Waals surface area contributed by atoms with Crippen LogP contribution in [-0.4, -0.2) is 62.2 Å². The SMILES string of the molecule is COc1ccc(C)cc1CN1CCC(N2CCNCC2)C1. The zero-order valence-corrected chi connectivity index (χ0v) is 13.3. The third kappa shape index (κ3) is 3.57. The summed E-state index contributed by atoms with van der Waals surface area (Å²) in [6.45, 7) is 10.2. The van der Waals surface area contributed by atoms with Crippen LogP contribution in [0.3, 0.4) is 0 Å². The van der Waals surface area contributed by atoms with Gasteiger partial charge in [-0.05, 0) is 19.4 Å². The van der Waals surface area contributed by atoms with Crippen LogP contribution in [0.25, 0.3) is 0 Å². The maximum absolute atomic E-state index is 5.51. The Kier molecular flexibility index (Phi) is 4.78. The second-order valence-corrected chi connectivity index (χ2v) is 6.28. The van der Waals surface area contributed by atoms with E-state index in [9.17, 15) is 0 Å². The molecule has 4 heteroatoms. The smallest absolute Gasteiger partial charge is 0.123 e. The van der Waals surface area contributed by atoms with E-state index in [4.69, 9.17) is 4.74 Å². The average Bonchev–Trinajstić information content (AvgIpc) is 2.97. The normalized spacial score (nSPS) is 24.4. The number of nitrogens with one attached hydrogen (secondary N) is 1. The Hall–Kier alpha value is -1.10. The number of benzene rings is 1. The number of nitrogens with zero attached hydrogens (tertiary/aromatic N) is 2. The fraction of sp³-hybridized carbons (Fsp3) is 0.647. The highest BCUT2D eigenvalue weighted by Gasteiger charge is 2.28. The summed E-state index contributed by atoms with van der Waals surface area (Å²) in [5, 5.41) is 3.44. The summed E-state index contributed by atoms with van der Waals surface area (Å²) >= 11 is 0. The molecule has 4 nitrogen and oxygen atoms in total. The number of hydrogen-bond acceptors (Lipinski definition) is 4. The second-order valence-electron chi connectivity index (χ2n) is 6.28. The lowest BCUT2D eigenvalue weighted by Crippen LogP contribution is -2.49. The van der Waals surface area contributed by atoms with Crippen molar-refractivity contribution in [2.24, 2.45) is 0 Å². The van der Waals surface area contributed by atoms with Crippen LogP contribution < -0.4 is 10.1 Å². The molecule has 3 rings (SSSR count). The molecule has 1 N–H and O–H groups in total. The van der Waals surface area contributed by atoms with Crippen molar-refractivity contribution < 1.29 is 4.74 Å². The molecule has 1 aromatic rings. The van der Waals surface area contributed by atoms with Gasteiger partial charge in [0.05, 0.1) is 7.11 Å². The van der Waals surface area contributed by atoms with Gasteiger partial charge in [0.15, 0.2) is 0 Å². The zero-order valence-electron chi connectivity index (χ0n) is 13.3. The summed E-state index contributed by atoms with van der Waals surface area (Å²) in [7, 11) is 1.77. The van der Waals surface area contributed by atoms with Crippen LogP contribution in [-0.2, 0) is 6.54 Å². The first-order valence-electron chi connectivity index (χ1n) is 8.07. The quantitative estimate of drug-likeness (QED) is 0.909. The Balaban J connectivity index is 1.60. The highest BCUT2D eigenvalue weighted by atomic mass is 16.5. The Morgan fingerprint density at radius 2 is 2.05 bits per heavy atom. The molecule has 0 aliphatic carbocycles. The molecular formula is C17H27N3O. The van der Waals surface area contributed by atoms with E-state index in [-0.39, 0.29) is 0 Å². The van der Waals surface area contributed by atoms with E-state index in [1.165, 1.54) is 43.7 Å². The lowest BCUT2D eigenvalue weighted by Gasteiger charge is -2.32. The van der Waals surface area contributed by atoms with E-state index >= 15 is 0 Å². The second kappa shape index (κ2) is 6.77. The van der Waals surface area contributed by atoms with Gasteiger partial charge in [0.25, 0.3) is 0 Å². The van der Waals surface area contributed by atoms with Crippen molar-refractivity contribution in [3.8, 4) is 5.75 Å². The minimum atomic E-state index is 0.739. The molecular weight excluding hydrogens is 262 g/mol. The molecule has 1 aromatic carbocycles. The van der Waals surface area contributed by atoms with Crippen LogP contribution in [0.4, 0.5) is 0 Å². The van der Waals surface area contributed by atoms with Crippen LogP contribution in [0.1, 0.15) is 17.5 Å². The Morgan fingerprint density at radius 1 is 1.24 bits per heavy atom. The van der Waals surface area contributed by atoms with Gasteiger partial charge in [-0.15, -0.1) is 0 Å². The maximum Gasteiger partial charge on any atom is 0.123 e. The fourth-order valence-electron chi connectivity index (χ4n) is 3.57. The summed E-state index contributed by atoms with van der Waals surface area (Å²) in [6.07, 6.45) is 1.30. The molecule has 116 valence electrons. The number of piperazine rings is 1. The third-order valence-corrected chi connectivity index (χ3v) is 4.75. The van der Waals surface area contributed by atoms with E-state index in [1.807, 2.05) is 0 Å². The van der Waals surface area contributed by atoms with Gasteiger partial charge in [0.1, 0.15) is 5.75 Å². The van der Waals surface area contributed by atoms with Crippen molar-refractivity contribution in [1.29, 1.82) is 0 Å². The van der Waals surface area contributed by atoms with Crippen molar-refractivity contribution in [2.45, 2.75) is 25.9 Å². The molecule has 1 atom stereocenters. The molecule has 1 unspecified atom stereocenters. The molecule has 2 aliphatic rings. The molecule has 0 bridgehead atoms. The van der Waals surface area contributed by atoms with E-state index < -0.39 is 0 Å². The number of rotatable bonds is 4. The van der Waals surface area contributed by atoms with E-state index in [2.05, 4.69) is 40.2 Å². The van der Waals surface area contributed by atoms with Gasteiger partial charge in [0, 0.05) is 57.4 Å². The number of likely N-dealkylation sites (tertiary alicyclic amines) is 1. The van der Waals surface area contributed by atoms with Gasteiger partial charge in [-0.25, -0.2) is 0 Å². The van der Waals surface area contributed by atoms with Gasteiger partial charge in [-0.1, -0.05) is 17.7 Å². The maximum atomic E-state index is 5.51. The van der Waals surface area contributed by atoms with Gasteiger partial charge in [0.2, 0.25) is 0 Å². The molecule has 0 spiro atoms. The number of hydrogen-bond donors (Lipinski definition) is 1. The van der Waals surface area contributed by atoms with E-state index in [1.54, 1.807) is 7.11 Å². The molecule has 2 aliphatic heterocycles. The molecule has 0 aromatic heterocycles. The number of ether oxygens (including phenoxy) is 1. The molecule has 0 amide bonds. The molecule has 0 radical (unpaired) electrons. The largest absolute Gasteiger partial charge is 0.496 e. The highest BCUT2D eigenvalue weighted by Crippen LogP contribution is 2.24. The van der Waals surface area contributed by atoms with Crippen LogP contribution in [0.5, 0.6) is 5.75 Å². The minimum Gasteiger partial charge on any atom is -0.496 e. The highest BCUT2D eigenvalue weighted by molar-refractivity contribution is 5.36. The molecule has 2 saturated heterocycles. The molecule has 21 heavy (non-hydrogen) atoms. The average molecular weight is 289 g/mol. The standard InChI is InChI=1S/C17H27N3O/c1-14-3-4-17(21-2)15(11-14)12-19-8-5-16(13-19)20-9-6-18-7-10-20/h3-4,11,16,18H,5-10,12-13H2,1-2H3. The first-order chi connectivity index (χ1) is 10.3. The van der Waals surface area contributed by atoms with Gasteiger partial charge >= 0.3 is 0 Å². The fourth-order valence-corrected chi connectivity index (χ4v) is 3.57. The van der Waals surface area contributed by atoms with Crippen molar-refractivity contribution in [3.05, 3.63) is 29.3 Å². The summed E-state index contributed by atoms with van der Waals surface area (Å²) in [5.41, 5.74) is 2.63. The number of aryl methyl sites for hydroxylation is 1. The summed E-state index contributed by atoms with van der Waals surface area (Å²) < 4.78 is 5.51. The van der Waals surface area contributed by atoms with E-state index in [0.29, 0.717) is 0 Å². The monoisotopic (exact) mass is 289 g/mol. The van der Waals surface area contributed by atoms with Gasteiger partial charge < -0.3 is 10.1 Å². The lowest BCUT2D eigenvalue weighted by atomic mass is 10.1. The Morgan fingerprint density at radius 3 is 2.81 bits per heavy atom. The summed E-state index contributed by atoms with van der Waals surface area (Å²) in [6, 6.07) is 7.21.